The summed E-state index contributed by atoms with van der Waals surface area (Å²) in [5, 5.41) is 6.07. The van der Waals surface area contributed by atoms with Crippen LogP contribution in [0.2, 0.25) is 0 Å². The third kappa shape index (κ3) is 5.58. The molecule has 1 aromatic carbocycles. The first-order chi connectivity index (χ1) is 13.5. The van der Waals surface area contributed by atoms with Gasteiger partial charge in [0, 0.05) is 24.6 Å². The smallest absolute Gasteiger partial charge is 0.308 e. The molecule has 0 radical (unpaired) electrons. The first kappa shape index (κ1) is 21.0. The maximum Gasteiger partial charge on any atom is 0.308 e. The Morgan fingerprint density at radius 3 is 2.79 bits per heavy atom. The van der Waals surface area contributed by atoms with Crippen LogP contribution >= 0.6 is 0 Å². The number of ether oxygens (including phenoxy) is 1. The molecule has 1 aliphatic heterocycles. The number of terminal acetylenes is 1. The fraction of sp³-hybridized carbons (Fsp3) is 0.400. The number of carbonyl (C=O) groups is 3. The Morgan fingerprint density at radius 1 is 1.46 bits per heavy atom. The fourth-order valence-electron chi connectivity index (χ4n) is 3.03. The number of rotatable bonds is 8. The lowest BCUT2D eigenvalue weighted by Gasteiger charge is -2.17. The molecule has 2 amide bonds. The Bertz CT molecular complexity index is 782. The van der Waals surface area contributed by atoms with Gasteiger partial charge in [-0.3, -0.25) is 14.4 Å². The lowest BCUT2D eigenvalue weighted by Crippen LogP contribution is -2.37. The summed E-state index contributed by atoms with van der Waals surface area (Å²) in [4.78, 5) is 38.1. The van der Waals surface area contributed by atoms with Crippen molar-refractivity contribution in [1.82, 2.24) is 5.32 Å². The number of nitrogens with two attached hydrogens (primary N) is 1. The predicted octanol–water partition coefficient (Wildman–Crippen LogP) is 0.793. The van der Waals surface area contributed by atoms with Crippen LogP contribution in [0.1, 0.15) is 31.7 Å². The molecule has 0 spiro atoms. The number of nitrogens with zero attached hydrogens (tertiary/aromatic N) is 2. The van der Waals surface area contributed by atoms with Gasteiger partial charge in [0.2, 0.25) is 11.8 Å². The van der Waals surface area contributed by atoms with Crippen molar-refractivity contribution in [3.63, 3.8) is 0 Å². The molecule has 1 saturated heterocycles. The zero-order valence-corrected chi connectivity index (χ0v) is 15.8. The average molecular weight is 384 g/mol. The van der Waals surface area contributed by atoms with Crippen molar-refractivity contribution in [3.05, 3.63) is 29.8 Å². The highest BCUT2D eigenvalue weighted by Crippen LogP contribution is 2.27. The summed E-state index contributed by atoms with van der Waals surface area (Å²) in [6.07, 6.45) is 7.37. The van der Waals surface area contributed by atoms with E-state index < -0.39 is 17.9 Å². The number of nitrogens with one attached hydrogen (secondary N) is 1. The van der Waals surface area contributed by atoms with Crippen LogP contribution in [-0.4, -0.2) is 43.2 Å². The standard InChI is InChI=1S/C20H24N4O4/c1-3-16(12-19(26)28-4-2)23-18(25)11-15-9-10-24(20(15)27)17-7-5-14(6-8-17)13-22-21/h1,5-8,13,15-16H,4,9-12,21H2,2H3,(H,23,25)/t15?,16-/m1/s1. The van der Waals surface area contributed by atoms with Gasteiger partial charge in [-0.05, 0) is 31.0 Å². The van der Waals surface area contributed by atoms with Crippen LogP contribution in [0.5, 0.6) is 0 Å². The van der Waals surface area contributed by atoms with Gasteiger partial charge in [0.1, 0.15) is 6.04 Å². The van der Waals surface area contributed by atoms with E-state index in [9.17, 15) is 14.4 Å². The summed E-state index contributed by atoms with van der Waals surface area (Å²) in [5.41, 5.74) is 1.58. The van der Waals surface area contributed by atoms with Crippen LogP contribution in [0.4, 0.5) is 5.69 Å². The van der Waals surface area contributed by atoms with Gasteiger partial charge < -0.3 is 20.8 Å². The highest BCUT2D eigenvalue weighted by molar-refractivity contribution is 5.99. The molecule has 1 aliphatic rings. The molecule has 3 N–H and O–H groups in total. The molecule has 2 rings (SSSR count). The molecule has 0 aliphatic carbocycles. The number of benzene rings is 1. The second-order valence-electron chi connectivity index (χ2n) is 6.35. The molecule has 28 heavy (non-hydrogen) atoms. The Morgan fingerprint density at radius 2 is 2.18 bits per heavy atom. The van der Waals surface area contributed by atoms with E-state index in [-0.39, 0.29) is 31.3 Å². The molecule has 148 valence electrons. The molecule has 0 bridgehead atoms. The molecular weight excluding hydrogens is 360 g/mol. The van der Waals surface area contributed by atoms with Crippen molar-refractivity contribution in [2.24, 2.45) is 16.9 Å². The van der Waals surface area contributed by atoms with Gasteiger partial charge in [-0.2, -0.15) is 5.10 Å². The number of hydrazone groups is 1. The molecule has 8 heteroatoms. The third-order valence-electron chi connectivity index (χ3n) is 4.39. The van der Waals surface area contributed by atoms with Crippen molar-refractivity contribution < 1.29 is 19.1 Å². The van der Waals surface area contributed by atoms with Gasteiger partial charge >= 0.3 is 5.97 Å². The Hall–Kier alpha value is -3.34. The van der Waals surface area contributed by atoms with Crippen molar-refractivity contribution in [2.45, 2.75) is 32.2 Å². The van der Waals surface area contributed by atoms with E-state index in [1.807, 2.05) is 24.3 Å². The number of hydrogen-bond donors (Lipinski definition) is 2. The molecule has 1 unspecified atom stereocenters. The fourth-order valence-corrected chi connectivity index (χ4v) is 3.03. The van der Waals surface area contributed by atoms with Gasteiger partial charge in [-0.15, -0.1) is 6.42 Å². The van der Waals surface area contributed by atoms with Crippen molar-refractivity contribution in [2.75, 3.05) is 18.1 Å². The molecule has 2 atom stereocenters. The normalized spacial score (nSPS) is 17.4. The number of carbonyl (C=O) groups excluding carboxylic acids is 3. The summed E-state index contributed by atoms with van der Waals surface area (Å²) in [7, 11) is 0. The second-order valence-corrected chi connectivity index (χ2v) is 6.35. The van der Waals surface area contributed by atoms with Crippen LogP contribution in [0.3, 0.4) is 0 Å². The van der Waals surface area contributed by atoms with E-state index in [4.69, 9.17) is 17.0 Å². The van der Waals surface area contributed by atoms with E-state index in [2.05, 4.69) is 16.3 Å². The average Bonchev–Trinajstić information content (AvgIpc) is 3.02. The van der Waals surface area contributed by atoms with Crippen LogP contribution < -0.4 is 16.1 Å². The van der Waals surface area contributed by atoms with Crippen LogP contribution in [0, 0.1) is 18.3 Å². The minimum absolute atomic E-state index is 0.0221. The lowest BCUT2D eigenvalue weighted by atomic mass is 10.0. The summed E-state index contributed by atoms with van der Waals surface area (Å²) < 4.78 is 4.83. The summed E-state index contributed by atoms with van der Waals surface area (Å²) in [5.74, 6) is 6.11. The largest absolute Gasteiger partial charge is 0.466 e. The number of anilines is 1. The maximum absolute atomic E-state index is 12.7. The highest BCUT2D eigenvalue weighted by atomic mass is 16.5. The number of hydrogen-bond acceptors (Lipinski definition) is 6. The van der Waals surface area contributed by atoms with Crippen LogP contribution in [-0.2, 0) is 19.1 Å². The van der Waals surface area contributed by atoms with Crippen LogP contribution in [0.15, 0.2) is 29.4 Å². The zero-order valence-electron chi connectivity index (χ0n) is 15.8. The quantitative estimate of drug-likeness (QED) is 0.226. The van der Waals surface area contributed by atoms with E-state index in [1.54, 1.807) is 11.8 Å². The highest BCUT2D eigenvalue weighted by Gasteiger charge is 2.34. The molecule has 1 fully saturated rings. The Kier molecular flexibility index (Phi) is 7.57. The lowest BCUT2D eigenvalue weighted by molar-refractivity contribution is -0.143. The molecular formula is C20H24N4O4. The maximum atomic E-state index is 12.7. The van der Waals surface area contributed by atoms with Gasteiger partial charge in [0.05, 0.1) is 19.2 Å². The van der Waals surface area contributed by atoms with E-state index in [0.29, 0.717) is 13.0 Å². The molecule has 1 heterocycles. The summed E-state index contributed by atoms with van der Waals surface area (Å²) >= 11 is 0. The van der Waals surface area contributed by atoms with Crippen molar-refractivity contribution in [3.8, 4) is 12.3 Å². The second kappa shape index (κ2) is 10.1. The minimum Gasteiger partial charge on any atom is -0.466 e. The molecule has 0 aromatic heterocycles. The molecule has 8 nitrogen and oxygen atoms in total. The Balaban J connectivity index is 1.91. The van der Waals surface area contributed by atoms with Gasteiger partial charge in [0.15, 0.2) is 0 Å². The van der Waals surface area contributed by atoms with Gasteiger partial charge in [-0.1, -0.05) is 18.1 Å². The van der Waals surface area contributed by atoms with Gasteiger partial charge in [0.25, 0.3) is 0 Å². The summed E-state index contributed by atoms with van der Waals surface area (Å²) in [6.45, 7) is 2.47. The predicted molar refractivity (Wildman–Crippen MR) is 105 cm³/mol. The number of amides is 2. The first-order valence-electron chi connectivity index (χ1n) is 9.04. The van der Waals surface area contributed by atoms with E-state index in [1.165, 1.54) is 6.21 Å². The van der Waals surface area contributed by atoms with Crippen molar-refractivity contribution >= 4 is 29.7 Å². The van der Waals surface area contributed by atoms with Crippen molar-refractivity contribution in [1.29, 1.82) is 0 Å². The molecule has 1 aromatic rings. The monoisotopic (exact) mass is 384 g/mol. The Labute approximate surface area is 164 Å². The first-order valence-corrected chi connectivity index (χ1v) is 9.04. The van der Waals surface area contributed by atoms with E-state index >= 15 is 0 Å². The molecule has 0 saturated carbocycles. The zero-order chi connectivity index (χ0) is 20.5. The third-order valence-corrected chi connectivity index (χ3v) is 4.39. The van der Waals surface area contributed by atoms with E-state index in [0.717, 1.165) is 11.3 Å². The topological polar surface area (TPSA) is 114 Å². The summed E-state index contributed by atoms with van der Waals surface area (Å²) in [6, 6.07) is 6.49. The minimum atomic E-state index is -0.754. The van der Waals surface area contributed by atoms with Crippen LogP contribution in [0.25, 0.3) is 0 Å². The number of esters is 1. The van der Waals surface area contributed by atoms with Gasteiger partial charge in [-0.25, -0.2) is 0 Å². The SMILES string of the molecule is C#C[C@H](CC(=O)OCC)NC(=O)CC1CCN(c2ccc(C=NN)cc2)C1=O.